The summed E-state index contributed by atoms with van der Waals surface area (Å²) < 4.78 is 12.6. The normalized spacial score (nSPS) is 27.4. The lowest BCUT2D eigenvalue weighted by atomic mass is 10.2. The van der Waals surface area contributed by atoms with Crippen molar-refractivity contribution in [1.29, 1.82) is 0 Å². The van der Waals surface area contributed by atoms with E-state index in [1.807, 2.05) is 6.92 Å². The molecule has 0 aromatic carbocycles. The van der Waals surface area contributed by atoms with E-state index in [9.17, 15) is 4.39 Å². The Morgan fingerprint density at radius 3 is 3.10 bits per heavy atom. The first-order chi connectivity index (χ1) is 4.83. The molecule has 1 atom stereocenters. The van der Waals surface area contributed by atoms with Gasteiger partial charge in [-0.25, -0.2) is 4.39 Å². The van der Waals surface area contributed by atoms with Gasteiger partial charge >= 0.3 is 0 Å². The summed E-state index contributed by atoms with van der Waals surface area (Å²) in [5, 5.41) is 3.21. The minimum Gasteiger partial charge on any atom is -0.310 e. The predicted molar refractivity (Wildman–Crippen MR) is 40.5 cm³/mol. The summed E-state index contributed by atoms with van der Waals surface area (Å²) >= 11 is 0. The van der Waals surface area contributed by atoms with Gasteiger partial charge in [0.05, 0.1) is 5.83 Å². The first kappa shape index (κ1) is 7.73. The fraction of sp³-hybridized carbons (Fsp3) is 0.750. The summed E-state index contributed by atoms with van der Waals surface area (Å²) in [6, 6.07) is 0.306. The molecular formula is C8H14FN. The van der Waals surface area contributed by atoms with E-state index in [-0.39, 0.29) is 5.83 Å². The first-order valence-electron chi connectivity index (χ1n) is 3.92. The molecule has 1 N–H and O–H groups in total. The number of halogens is 1. The zero-order valence-electron chi connectivity index (χ0n) is 6.36. The molecular weight excluding hydrogens is 129 g/mol. The molecule has 0 amide bonds. The zero-order valence-corrected chi connectivity index (χ0v) is 6.36. The maximum absolute atomic E-state index is 12.6. The van der Waals surface area contributed by atoms with Crippen LogP contribution in [0.4, 0.5) is 4.39 Å². The van der Waals surface area contributed by atoms with Crippen LogP contribution in [0.5, 0.6) is 0 Å². The van der Waals surface area contributed by atoms with Gasteiger partial charge in [-0.3, -0.25) is 0 Å². The molecule has 1 unspecified atom stereocenters. The summed E-state index contributed by atoms with van der Waals surface area (Å²) in [6.07, 6.45) is 4.50. The molecule has 1 aliphatic heterocycles. The van der Waals surface area contributed by atoms with Crippen molar-refractivity contribution in [2.75, 3.05) is 6.54 Å². The highest BCUT2D eigenvalue weighted by Gasteiger charge is 2.11. The molecule has 1 saturated heterocycles. The summed E-state index contributed by atoms with van der Waals surface area (Å²) in [7, 11) is 0. The van der Waals surface area contributed by atoms with Gasteiger partial charge in [0.2, 0.25) is 0 Å². The van der Waals surface area contributed by atoms with Crippen LogP contribution in [0.25, 0.3) is 0 Å². The van der Waals surface area contributed by atoms with Crippen LogP contribution in [0, 0.1) is 0 Å². The van der Waals surface area contributed by atoms with Gasteiger partial charge in [0.25, 0.3) is 0 Å². The summed E-state index contributed by atoms with van der Waals surface area (Å²) in [4.78, 5) is 0. The Kier molecular flexibility index (Phi) is 2.87. The highest BCUT2D eigenvalue weighted by molar-refractivity contribution is 5.00. The Labute approximate surface area is 61.3 Å². The molecule has 0 aliphatic carbocycles. The lowest BCUT2D eigenvalue weighted by Crippen LogP contribution is -2.18. The van der Waals surface area contributed by atoms with Gasteiger partial charge in [-0.15, -0.1) is 0 Å². The Bertz CT molecular complexity index is 125. The van der Waals surface area contributed by atoms with Crippen LogP contribution in [0.15, 0.2) is 11.9 Å². The van der Waals surface area contributed by atoms with Gasteiger partial charge in [0.15, 0.2) is 0 Å². The van der Waals surface area contributed by atoms with Crippen LogP contribution in [-0.4, -0.2) is 12.6 Å². The summed E-state index contributed by atoms with van der Waals surface area (Å²) in [5.41, 5.74) is 0. The van der Waals surface area contributed by atoms with E-state index in [4.69, 9.17) is 0 Å². The molecule has 1 aliphatic rings. The SMILES string of the molecule is CC/C(F)=C/C1CCCN1. The van der Waals surface area contributed by atoms with Crippen LogP contribution in [0.1, 0.15) is 26.2 Å². The third kappa shape index (κ3) is 2.10. The van der Waals surface area contributed by atoms with Gasteiger partial charge in [0.1, 0.15) is 0 Å². The lowest BCUT2D eigenvalue weighted by Gasteiger charge is -2.02. The monoisotopic (exact) mass is 143 g/mol. The third-order valence-electron chi connectivity index (χ3n) is 1.82. The molecule has 2 heteroatoms. The van der Waals surface area contributed by atoms with Crippen LogP contribution in [0.2, 0.25) is 0 Å². The molecule has 0 bridgehead atoms. The van der Waals surface area contributed by atoms with Crippen molar-refractivity contribution < 1.29 is 4.39 Å². The first-order valence-corrected chi connectivity index (χ1v) is 3.92. The van der Waals surface area contributed by atoms with Gasteiger partial charge in [-0.2, -0.15) is 0 Å². The van der Waals surface area contributed by atoms with E-state index in [0.717, 1.165) is 13.0 Å². The number of rotatable bonds is 2. The van der Waals surface area contributed by atoms with Crippen molar-refractivity contribution in [2.45, 2.75) is 32.2 Å². The highest BCUT2D eigenvalue weighted by Crippen LogP contribution is 2.10. The molecule has 0 saturated carbocycles. The molecule has 0 spiro atoms. The molecule has 1 heterocycles. The van der Waals surface area contributed by atoms with Crippen LogP contribution < -0.4 is 5.32 Å². The molecule has 1 fully saturated rings. The molecule has 0 aromatic heterocycles. The van der Waals surface area contributed by atoms with Gasteiger partial charge < -0.3 is 5.32 Å². The maximum Gasteiger partial charge on any atom is 0.0972 e. The average Bonchev–Trinajstić information content (AvgIpc) is 2.40. The number of allylic oxidation sites excluding steroid dienone is 1. The van der Waals surface area contributed by atoms with Crippen LogP contribution >= 0.6 is 0 Å². The summed E-state index contributed by atoms with van der Waals surface area (Å²) in [5.74, 6) is 0.0133. The smallest absolute Gasteiger partial charge is 0.0972 e. The van der Waals surface area contributed by atoms with Crippen molar-refractivity contribution in [3.63, 3.8) is 0 Å². The number of nitrogens with one attached hydrogen (secondary N) is 1. The molecule has 1 rings (SSSR count). The van der Waals surface area contributed by atoms with E-state index < -0.39 is 0 Å². The maximum atomic E-state index is 12.6. The van der Waals surface area contributed by atoms with Gasteiger partial charge in [-0.1, -0.05) is 6.92 Å². The largest absolute Gasteiger partial charge is 0.310 e. The Morgan fingerprint density at radius 2 is 2.60 bits per heavy atom. The van der Waals surface area contributed by atoms with E-state index in [2.05, 4.69) is 5.32 Å². The van der Waals surface area contributed by atoms with Crippen LogP contribution in [-0.2, 0) is 0 Å². The minimum atomic E-state index is 0.0133. The molecule has 10 heavy (non-hydrogen) atoms. The van der Waals surface area contributed by atoms with Crippen molar-refractivity contribution >= 4 is 0 Å². The Morgan fingerprint density at radius 1 is 1.80 bits per heavy atom. The molecule has 0 aromatic rings. The fourth-order valence-corrected chi connectivity index (χ4v) is 1.19. The van der Waals surface area contributed by atoms with Crippen LogP contribution in [0.3, 0.4) is 0 Å². The Hall–Kier alpha value is -0.370. The van der Waals surface area contributed by atoms with E-state index in [0.29, 0.717) is 12.5 Å². The van der Waals surface area contributed by atoms with E-state index >= 15 is 0 Å². The van der Waals surface area contributed by atoms with Crippen molar-refractivity contribution in [2.24, 2.45) is 0 Å². The second-order valence-corrected chi connectivity index (χ2v) is 2.67. The zero-order chi connectivity index (χ0) is 7.40. The third-order valence-corrected chi connectivity index (χ3v) is 1.82. The van der Waals surface area contributed by atoms with Gasteiger partial charge in [-0.05, 0) is 31.9 Å². The van der Waals surface area contributed by atoms with Crippen molar-refractivity contribution in [3.05, 3.63) is 11.9 Å². The fourth-order valence-electron chi connectivity index (χ4n) is 1.19. The number of hydrogen-bond donors (Lipinski definition) is 1. The van der Waals surface area contributed by atoms with E-state index in [1.165, 1.54) is 6.42 Å². The van der Waals surface area contributed by atoms with Crippen molar-refractivity contribution in [3.8, 4) is 0 Å². The second kappa shape index (κ2) is 3.71. The Balaban J connectivity index is 2.34. The number of hydrogen-bond acceptors (Lipinski definition) is 1. The topological polar surface area (TPSA) is 12.0 Å². The molecule has 0 radical (unpaired) electrons. The average molecular weight is 143 g/mol. The highest BCUT2D eigenvalue weighted by atomic mass is 19.1. The van der Waals surface area contributed by atoms with E-state index in [1.54, 1.807) is 6.08 Å². The summed E-state index contributed by atoms with van der Waals surface area (Å²) in [6.45, 7) is 2.87. The van der Waals surface area contributed by atoms with Gasteiger partial charge in [0, 0.05) is 6.04 Å². The quantitative estimate of drug-likeness (QED) is 0.623. The molecule has 58 valence electrons. The second-order valence-electron chi connectivity index (χ2n) is 2.67. The predicted octanol–water partition coefficient (Wildman–Crippen LogP) is 2.00. The molecule has 1 nitrogen and oxygen atoms in total. The minimum absolute atomic E-state index is 0.0133. The van der Waals surface area contributed by atoms with Crippen molar-refractivity contribution in [1.82, 2.24) is 5.32 Å². The standard InChI is InChI=1S/C8H14FN/c1-2-7(9)6-8-4-3-5-10-8/h6,8,10H,2-5H2,1H3/b7-6-. The lowest BCUT2D eigenvalue weighted by molar-refractivity contribution is 0.582.